The summed E-state index contributed by atoms with van der Waals surface area (Å²) in [6, 6.07) is 9.20. The van der Waals surface area contributed by atoms with Crippen LogP contribution in [0.2, 0.25) is 0 Å². The number of rotatable bonds is 5. The van der Waals surface area contributed by atoms with Crippen LogP contribution in [0.5, 0.6) is 0 Å². The molecule has 1 aliphatic carbocycles. The smallest absolute Gasteiger partial charge is 0.309 e. The van der Waals surface area contributed by atoms with Crippen molar-refractivity contribution in [2.24, 2.45) is 5.92 Å². The molecule has 1 unspecified atom stereocenters. The van der Waals surface area contributed by atoms with Gasteiger partial charge in [-0.2, -0.15) is 0 Å². The predicted octanol–water partition coefficient (Wildman–Crippen LogP) is 2.77. The van der Waals surface area contributed by atoms with Gasteiger partial charge in [-0.05, 0) is 12.8 Å². The van der Waals surface area contributed by atoms with Crippen LogP contribution in [0, 0.1) is 5.92 Å². The molecule has 0 aliphatic heterocycles. The van der Waals surface area contributed by atoms with Crippen LogP contribution >= 0.6 is 0 Å². The molecule has 0 N–H and O–H groups in total. The second-order valence-corrected chi connectivity index (χ2v) is 4.73. The second-order valence-electron chi connectivity index (χ2n) is 4.73. The highest BCUT2D eigenvalue weighted by molar-refractivity contribution is 5.71. The quantitative estimate of drug-likeness (QED) is 0.605. The maximum absolute atomic E-state index is 11.7. The molecule has 0 spiro atoms. The Kier molecular flexibility index (Phi) is 3.88. The molecule has 4 nitrogen and oxygen atoms in total. The summed E-state index contributed by atoms with van der Waals surface area (Å²) < 4.78 is 11.0. The number of esters is 2. The summed E-state index contributed by atoms with van der Waals surface area (Å²) in [5.74, 6) is -2.01. The highest BCUT2D eigenvalue weighted by Crippen LogP contribution is 2.49. The molecule has 1 aliphatic rings. The molecule has 4 heteroatoms. The molecular formula is C15H18O4. The molecule has 0 bridgehead atoms. The first-order chi connectivity index (χ1) is 9.08. The summed E-state index contributed by atoms with van der Waals surface area (Å²) in [4.78, 5) is 23.1. The van der Waals surface area contributed by atoms with Gasteiger partial charge < -0.3 is 9.47 Å². The van der Waals surface area contributed by atoms with E-state index in [0.717, 1.165) is 18.4 Å². The van der Waals surface area contributed by atoms with Gasteiger partial charge in [0.15, 0.2) is 0 Å². The van der Waals surface area contributed by atoms with E-state index in [2.05, 4.69) is 0 Å². The Bertz CT molecular complexity index is 464. The molecule has 1 saturated carbocycles. The van der Waals surface area contributed by atoms with Crippen LogP contribution in [0.4, 0.5) is 0 Å². The largest absolute Gasteiger partial charge is 0.418 e. The molecule has 1 aromatic rings. The van der Waals surface area contributed by atoms with Crippen molar-refractivity contribution in [1.82, 2.24) is 0 Å². The first-order valence-corrected chi connectivity index (χ1v) is 6.55. The Morgan fingerprint density at radius 2 is 1.84 bits per heavy atom. The standard InChI is InChI=1S/C15H18O4/c1-3-14(17)19-15(13-9-10-13,18-11(2)16)12-7-5-4-6-8-12/h4-8,13H,3,9-10H2,1-2H3. The lowest BCUT2D eigenvalue weighted by Crippen LogP contribution is -2.39. The van der Waals surface area contributed by atoms with Gasteiger partial charge in [0.1, 0.15) is 0 Å². The van der Waals surface area contributed by atoms with Gasteiger partial charge in [-0.3, -0.25) is 9.59 Å². The van der Waals surface area contributed by atoms with E-state index in [1.54, 1.807) is 6.92 Å². The Labute approximate surface area is 112 Å². The predicted molar refractivity (Wildman–Crippen MR) is 69.0 cm³/mol. The number of hydrogen-bond acceptors (Lipinski definition) is 4. The van der Waals surface area contributed by atoms with Crippen LogP contribution < -0.4 is 0 Å². The normalized spacial score (nSPS) is 17.4. The minimum Gasteiger partial charge on any atom is -0.418 e. The number of hydrogen-bond donors (Lipinski definition) is 0. The van der Waals surface area contributed by atoms with E-state index in [1.807, 2.05) is 30.3 Å². The molecule has 0 amide bonds. The Hall–Kier alpha value is -1.84. The zero-order valence-corrected chi connectivity index (χ0v) is 11.2. The fourth-order valence-corrected chi connectivity index (χ4v) is 2.13. The Balaban J connectivity index is 2.39. The third-order valence-corrected chi connectivity index (χ3v) is 3.14. The third kappa shape index (κ3) is 2.95. The van der Waals surface area contributed by atoms with Crippen molar-refractivity contribution in [1.29, 1.82) is 0 Å². The zero-order valence-electron chi connectivity index (χ0n) is 11.2. The number of ether oxygens (including phenoxy) is 2. The van der Waals surface area contributed by atoms with Gasteiger partial charge in [0.2, 0.25) is 0 Å². The van der Waals surface area contributed by atoms with Crippen molar-refractivity contribution in [3.63, 3.8) is 0 Å². The maximum Gasteiger partial charge on any atom is 0.309 e. The van der Waals surface area contributed by atoms with E-state index in [-0.39, 0.29) is 18.3 Å². The molecule has 1 fully saturated rings. The van der Waals surface area contributed by atoms with Crippen LogP contribution in [0.25, 0.3) is 0 Å². The first kappa shape index (κ1) is 13.6. The van der Waals surface area contributed by atoms with Gasteiger partial charge in [-0.1, -0.05) is 37.3 Å². The van der Waals surface area contributed by atoms with E-state index in [4.69, 9.17) is 9.47 Å². The van der Waals surface area contributed by atoms with E-state index >= 15 is 0 Å². The van der Waals surface area contributed by atoms with Crippen molar-refractivity contribution in [3.8, 4) is 0 Å². The van der Waals surface area contributed by atoms with Crippen molar-refractivity contribution in [2.75, 3.05) is 0 Å². The lowest BCUT2D eigenvalue weighted by molar-refractivity contribution is -0.242. The van der Waals surface area contributed by atoms with Gasteiger partial charge >= 0.3 is 11.9 Å². The van der Waals surface area contributed by atoms with E-state index in [0.29, 0.717) is 0 Å². The van der Waals surface area contributed by atoms with E-state index in [1.165, 1.54) is 6.92 Å². The maximum atomic E-state index is 11.7. The summed E-state index contributed by atoms with van der Waals surface area (Å²) >= 11 is 0. The van der Waals surface area contributed by atoms with E-state index in [9.17, 15) is 9.59 Å². The highest BCUT2D eigenvalue weighted by Gasteiger charge is 2.53. The molecule has 0 aromatic heterocycles. The number of benzene rings is 1. The molecule has 102 valence electrons. The molecule has 1 atom stereocenters. The van der Waals surface area contributed by atoms with Crippen molar-refractivity contribution < 1.29 is 19.1 Å². The topological polar surface area (TPSA) is 52.6 Å². The second kappa shape index (κ2) is 5.43. The summed E-state index contributed by atoms with van der Waals surface area (Å²) in [7, 11) is 0. The van der Waals surface area contributed by atoms with Crippen LogP contribution in [0.15, 0.2) is 30.3 Å². The molecule has 1 aromatic carbocycles. The number of carbonyl (C=O) groups is 2. The first-order valence-electron chi connectivity index (χ1n) is 6.55. The lowest BCUT2D eigenvalue weighted by atomic mass is 10.0. The average molecular weight is 262 g/mol. The van der Waals surface area contributed by atoms with Gasteiger partial charge in [-0.25, -0.2) is 0 Å². The summed E-state index contributed by atoms with van der Waals surface area (Å²) in [6.07, 6.45) is 2.03. The molecular weight excluding hydrogens is 244 g/mol. The van der Waals surface area contributed by atoms with Crippen molar-refractivity contribution in [2.45, 2.75) is 38.9 Å². The summed E-state index contributed by atoms with van der Waals surface area (Å²) in [6.45, 7) is 3.05. The van der Waals surface area contributed by atoms with E-state index < -0.39 is 11.8 Å². The minimum absolute atomic E-state index is 0.0503. The fourth-order valence-electron chi connectivity index (χ4n) is 2.13. The lowest BCUT2D eigenvalue weighted by Gasteiger charge is -2.33. The third-order valence-electron chi connectivity index (χ3n) is 3.14. The summed E-state index contributed by atoms with van der Waals surface area (Å²) in [5.41, 5.74) is 0.717. The Morgan fingerprint density at radius 3 is 2.32 bits per heavy atom. The molecule has 19 heavy (non-hydrogen) atoms. The van der Waals surface area contributed by atoms with Gasteiger partial charge in [-0.15, -0.1) is 0 Å². The van der Waals surface area contributed by atoms with Crippen LogP contribution in [0.1, 0.15) is 38.7 Å². The van der Waals surface area contributed by atoms with Crippen molar-refractivity contribution in [3.05, 3.63) is 35.9 Å². The minimum atomic E-state index is -1.25. The van der Waals surface area contributed by atoms with Crippen LogP contribution in [-0.4, -0.2) is 11.9 Å². The van der Waals surface area contributed by atoms with Gasteiger partial charge in [0.25, 0.3) is 5.79 Å². The summed E-state index contributed by atoms with van der Waals surface area (Å²) in [5, 5.41) is 0. The molecule has 0 heterocycles. The number of carbonyl (C=O) groups excluding carboxylic acids is 2. The molecule has 0 radical (unpaired) electrons. The Morgan fingerprint density at radius 1 is 1.21 bits per heavy atom. The van der Waals surface area contributed by atoms with Crippen LogP contribution in [0.3, 0.4) is 0 Å². The highest BCUT2D eigenvalue weighted by atomic mass is 16.7. The van der Waals surface area contributed by atoms with Crippen LogP contribution in [-0.2, 0) is 24.8 Å². The average Bonchev–Trinajstić information content (AvgIpc) is 3.22. The molecule has 2 rings (SSSR count). The SMILES string of the molecule is CCC(=O)OC(OC(C)=O)(c1ccccc1)C1CC1. The fraction of sp³-hybridized carbons (Fsp3) is 0.467. The zero-order chi connectivity index (χ0) is 13.9. The monoisotopic (exact) mass is 262 g/mol. The van der Waals surface area contributed by atoms with Gasteiger partial charge in [0, 0.05) is 24.8 Å². The molecule has 0 saturated heterocycles. The van der Waals surface area contributed by atoms with Gasteiger partial charge in [0.05, 0.1) is 0 Å². The van der Waals surface area contributed by atoms with Crippen molar-refractivity contribution >= 4 is 11.9 Å².